The van der Waals surface area contributed by atoms with Crippen molar-refractivity contribution < 1.29 is 22.5 Å². The molecule has 0 aliphatic heterocycles. The molecule has 0 aliphatic rings. The first-order valence-electron chi connectivity index (χ1n) is 9.81. The standard InChI is InChI=1S/C23H25N3O5S/c1-14-6-10-20(30-5)19(12-14)26-32(28,29)22-13-18(8-7-15(22)2)9-11-21-23(24-17(4)27)16(3)25-31-21/h6-13,26H,1-5H3,(H,24,27). The second kappa shape index (κ2) is 9.27. The SMILES string of the molecule is COc1ccc(C)cc1NS(=O)(=O)c1cc(C=Cc2onc(C)c2NC(C)=O)ccc1C. The fourth-order valence-electron chi connectivity index (χ4n) is 3.11. The fourth-order valence-corrected chi connectivity index (χ4v) is 4.45. The number of hydrogen-bond acceptors (Lipinski definition) is 6. The maximum absolute atomic E-state index is 13.1. The molecule has 1 aromatic heterocycles. The van der Waals surface area contributed by atoms with E-state index in [2.05, 4.69) is 15.2 Å². The number of sulfonamides is 1. The predicted octanol–water partition coefficient (Wildman–Crippen LogP) is 4.54. The molecule has 1 heterocycles. The number of hydrogen-bond donors (Lipinski definition) is 2. The van der Waals surface area contributed by atoms with E-state index in [1.807, 2.05) is 13.0 Å². The van der Waals surface area contributed by atoms with Crippen LogP contribution in [0.2, 0.25) is 0 Å². The molecule has 3 rings (SSSR count). The molecule has 2 N–H and O–H groups in total. The Kier molecular flexibility index (Phi) is 6.69. The Morgan fingerprint density at radius 2 is 1.84 bits per heavy atom. The van der Waals surface area contributed by atoms with Gasteiger partial charge in [-0.3, -0.25) is 9.52 Å². The van der Waals surface area contributed by atoms with E-state index in [0.29, 0.717) is 39.7 Å². The van der Waals surface area contributed by atoms with Gasteiger partial charge in [-0.1, -0.05) is 29.4 Å². The summed E-state index contributed by atoms with van der Waals surface area (Å²) in [4.78, 5) is 11.5. The first-order valence-corrected chi connectivity index (χ1v) is 11.3. The first-order chi connectivity index (χ1) is 15.1. The molecule has 0 unspecified atom stereocenters. The molecule has 0 saturated heterocycles. The lowest BCUT2D eigenvalue weighted by Crippen LogP contribution is -2.15. The van der Waals surface area contributed by atoms with E-state index >= 15 is 0 Å². The third-order valence-corrected chi connectivity index (χ3v) is 6.23. The van der Waals surface area contributed by atoms with Gasteiger partial charge >= 0.3 is 0 Å². The number of rotatable bonds is 7. The van der Waals surface area contributed by atoms with Crippen molar-refractivity contribution in [3.8, 4) is 5.75 Å². The number of aryl methyl sites for hydroxylation is 3. The van der Waals surface area contributed by atoms with Crippen LogP contribution in [0.15, 0.2) is 45.8 Å². The van der Waals surface area contributed by atoms with Crippen LogP contribution in [0.5, 0.6) is 5.75 Å². The highest BCUT2D eigenvalue weighted by atomic mass is 32.2. The zero-order valence-electron chi connectivity index (χ0n) is 18.5. The second-order valence-electron chi connectivity index (χ2n) is 7.36. The van der Waals surface area contributed by atoms with Gasteiger partial charge in [0.2, 0.25) is 5.91 Å². The summed E-state index contributed by atoms with van der Waals surface area (Å²) in [6, 6.07) is 10.4. The molecule has 3 aromatic rings. The summed E-state index contributed by atoms with van der Waals surface area (Å²) in [5.74, 6) is 0.552. The molecule has 9 heteroatoms. The number of methoxy groups -OCH3 is 1. The monoisotopic (exact) mass is 455 g/mol. The molecule has 0 aliphatic carbocycles. The number of nitrogens with one attached hydrogen (secondary N) is 2. The molecular formula is C23H25N3O5S. The van der Waals surface area contributed by atoms with Crippen molar-refractivity contribution in [2.45, 2.75) is 32.6 Å². The molecule has 0 saturated carbocycles. The van der Waals surface area contributed by atoms with Crippen LogP contribution in [0.4, 0.5) is 11.4 Å². The molecule has 0 fully saturated rings. The zero-order chi connectivity index (χ0) is 23.5. The lowest BCUT2D eigenvalue weighted by Gasteiger charge is -2.14. The maximum Gasteiger partial charge on any atom is 0.262 e. The minimum atomic E-state index is -3.88. The largest absolute Gasteiger partial charge is 0.495 e. The molecule has 0 bridgehead atoms. The quantitative estimate of drug-likeness (QED) is 0.541. The maximum atomic E-state index is 13.1. The molecule has 8 nitrogen and oxygen atoms in total. The summed E-state index contributed by atoms with van der Waals surface area (Å²) in [5.41, 5.74) is 3.51. The minimum absolute atomic E-state index is 0.138. The molecule has 0 atom stereocenters. The van der Waals surface area contributed by atoms with Gasteiger partial charge in [-0.05, 0) is 61.7 Å². The molecule has 1 amide bonds. The predicted molar refractivity (Wildman–Crippen MR) is 124 cm³/mol. The van der Waals surface area contributed by atoms with E-state index in [1.54, 1.807) is 56.3 Å². The van der Waals surface area contributed by atoms with Gasteiger partial charge in [0.25, 0.3) is 10.0 Å². The van der Waals surface area contributed by atoms with Crippen LogP contribution in [0.1, 0.15) is 35.1 Å². The van der Waals surface area contributed by atoms with Crippen LogP contribution >= 0.6 is 0 Å². The van der Waals surface area contributed by atoms with Crippen LogP contribution in [0.3, 0.4) is 0 Å². The summed E-state index contributed by atoms with van der Waals surface area (Å²) in [5, 5.41) is 6.55. The topological polar surface area (TPSA) is 111 Å². The number of amides is 1. The Hall–Kier alpha value is -3.59. The summed E-state index contributed by atoms with van der Waals surface area (Å²) in [7, 11) is -2.39. The van der Waals surface area contributed by atoms with E-state index in [9.17, 15) is 13.2 Å². The third kappa shape index (κ3) is 5.17. The van der Waals surface area contributed by atoms with Crippen molar-refractivity contribution in [1.82, 2.24) is 5.16 Å². The van der Waals surface area contributed by atoms with Gasteiger partial charge in [0.1, 0.15) is 17.1 Å². The summed E-state index contributed by atoms with van der Waals surface area (Å²) >= 11 is 0. The summed E-state index contributed by atoms with van der Waals surface area (Å²) in [6.07, 6.45) is 3.32. The van der Waals surface area contributed by atoms with Gasteiger partial charge in [-0.15, -0.1) is 0 Å². The van der Waals surface area contributed by atoms with Crippen LogP contribution in [0.25, 0.3) is 12.2 Å². The minimum Gasteiger partial charge on any atom is -0.495 e. The van der Waals surface area contributed by atoms with Crippen LogP contribution < -0.4 is 14.8 Å². The van der Waals surface area contributed by atoms with Crippen LogP contribution in [-0.4, -0.2) is 26.6 Å². The van der Waals surface area contributed by atoms with Gasteiger partial charge < -0.3 is 14.6 Å². The Balaban J connectivity index is 1.93. The molecular weight excluding hydrogens is 430 g/mol. The Morgan fingerprint density at radius 1 is 1.09 bits per heavy atom. The number of benzene rings is 2. The lowest BCUT2D eigenvalue weighted by atomic mass is 10.1. The highest BCUT2D eigenvalue weighted by molar-refractivity contribution is 7.92. The Morgan fingerprint density at radius 3 is 2.53 bits per heavy atom. The Labute approximate surface area is 187 Å². The molecule has 32 heavy (non-hydrogen) atoms. The summed E-state index contributed by atoms with van der Waals surface area (Å²) < 4.78 is 39.4. The number of aromatic nitrogens is 1. The van der Waals surface area contributed by atoms with Crippen molar-refractivity contribution in [3.63, 3.8) is 0 Å². The van der Waals surface area contributed by atoms with Gasteiger partial charge in [0, 0.05) is 6.92 Å². The number of carbonyl (C=O) groups excluding carboxylic acids is 1. The highest BCUT2D eigenvalue weighted by Crippen LogP contribution is 2.29. The fraction of sp³-hybridized carbons (Fsp3) is 0.217. The van der Waals surface area contributed by atoms with Crippen LogP contribution in [0, 0.1) is 20.8 Å². The number of nitrogens with zero attached hydrogens (tertiary/aromatic N) is 1. The van der Waals surface area contributed by atoms with E-state index in [4.69, 9.17) is 9.26 Å². The smallest absolute Gasteiger partial charge is 0.262 e. The highest BCUT2D eigenvalue weighted by Gasteiger charge is 2.19. The second-order valence-corrected chi connectivity index (χ2v) is 9.01. The van der Waals surface area contributed by atoms with Crippen molar-refractivity contribution in [2.75, 3.05) is 17.1 Å². The normalized spacial score (nSPS) is 11.5. The molecule has 0 spiro atoms. The van der Waals surface area contributed by atoms with Crippen molar-refractivity contribution in [3.05, 3.63) is 64.5 Å². The van der Waals surface area contributed by atoms with E-state index in [1.165, 1.54) is 14.0 Å². The Bertz CT molecular complexity index is 1290. The summed E-state index contributed by atoms with van der Waals surface area (Å²) in [6.45, 7) is 6.71. The van der Waals surface area contributed by atoms with E-state index in [0.717, 1.165) is 5.56 Å². The van der Waals surface area contributed by atoms with Crippen molar-refractivity contribution in [1.29, 1.82) is 0 Å². The number of carbonyl (C=O) groups is 1. The van der Waals surface area contributed by atoms with Crippen molar-refractivity contribution >= 4 is 39.5 Å². The first kappa shape index (κ1) is 23.1. The number of ether oxygens (including phenoxy) is 1. The molecule has 0 radical (unpaired) electrons. The molecule has 168 valence electrons. The van der Waals surface area contributed by atoms with Crippen LogP contribution in [-0.2, 0) is 14.8 Å². The third-order valence-electron chi connectivity index (χ3n) is 4.72. The van der Waals surface area contributed by atoms with Gasteiger partial charge in [0.05, 0.1) is 17.7 Å². The van der Waals surface area contributed by atoms with E-state index in [-0.39, 0.29) is 10.8 Å². The average Bonchev–Trinajstić information content (AvgIpc) is 3.06. The van der Waals surface area contributed by atoms with Gasteiger partial charge in [0.15, 0.2) is 5.76 Å². The average molecular weight is 456 g/mol. The lowest BCUT2D eigenvalue weighted by molar-refractivity contribution is -0.114. The van der Waals surface area contributed by atoms with Crippen molar-refractivity contribution in [2.24, 2.45) is 0 Å². The van der Waals surface area contributed by atoms with Gasteiger partial charge in [-0.25, -0.2) is 8.42 Å². The number of anilines is 2. The zero-order valence-corrected chi connectivity index (χ0v) is 19.3. The van der Waals surface area contributed by atoms with Gasteiger partial charge in [-0.2, -0.15) is 0 Å². The van der Waals surface area contributed by atoms with E-state index < -0.39 is 10.0 Å². The molecule has 2 aromatic carbocycles.